The highest BCUT2D eigenvalue weighted by Gasteiger charge is 2.34. The molecule has 5 rings (SSSR count). The summed E-state index contributed by atoms with van der Waals surface area (Å²) in [6.07, 6.45) is 6.66. The van der Waals surface area contributed by atoms with Gasteiger partial charge in [0.15, 0.2) is 0 Å². The van der Waals surface area contributed by atoms with Crippen LogP contribution in [-0.2, 0) is 4.79 Å². The first-order valence-corrected chi connectivity index (χ1v) is 12.9. The number of hydrazone groups is 1. The lowest BCUT2D eigenvalue weighted by molar-refractivity contribution is -0.130. The van der Waals surface area contributed by atoms with Gasteiger partial charge in [-0.3, -0.25) is 4.79 Å². The van der Waals surface area contributed by atoms with Crippen LogP contribution in [0.4, 0.5) is 0 Å². The first-order valence-electron chi connectivity index (χ1n) is 10.2. The van der Waals surface area contributed by atoms with Gasteiger partial charge < -0.3 is 0 Å². The molecule has 3 aromatic heterocycles. The summed E-state index contributed by atoms with van der Waals surface area (Å²) in [6.45, 7) is 0. The van der Waals surface area contributed by atoms with Gasteiger partial charge in [0.2, 0.25) is 5.16 Å². The Hall–Kier alpha value is -2.04. The number of aromatic nitrogens is 4. The molecule has 0 radical (unpaired) electrons. The van der Waals surface area contributed by atoms with Gasteiger partial charge in [-0.1, -0.05) is 43.2 Å². The zero-order valence-corrected chi connectivity index (χ0v) is 18.8. The topological polar surface area (TPSA) is 76.3 Å². The Labute approximate surface area is 187 Å². The van der Waals surface area contributed by atoms with E-state index in [1.54, 1.807) is 27.7 Å². The number of tetrazole rings is 1. The maximum Gasteiger partial charge on any atom is 0.253 e. The molecule has 4 heterocycles. The molecule has 156 valence electrons. The van der Waals surface area contributed by atoms with Crippen molar-refractivity contribution in [3.05, 3.63) is 44.8 Å². The monoisotopic (exact) mass is 458 g/mol. The summed E-state index contributed by atoms with van der Waals surface area (Å²) in [4.78, 5) is 15.5. The molecule has 1 atom stereocenters. The molecule has 30 heavy (non-hydrogen) atoms. The van der Waals surface area contributed by atoms with Gasteiger partial charge in [-0.15, -0.1) is 27.8 Å². The second-order valence-electron chi connectivity index (χ2n) is 7.48. The number of thiophene rings is 2. The minimum atomic E-state index is -0.0375. The lowest BCUT2D eigenvalue weighted by Crippen LogP contribution is -2.28. The van der Waals surface area contributed by atoms with Crippen LogP contribution in [0, 0.1) is 0 Å². The molecule has 0 aromatic carbocycles. The van der Waals surface area contributed by atoms with E-state index in [0.717, 1.165) is 39.9 Å². The van der Waals surface area contributed by atoms with E-state index in [2.05, 4.69) is 27.7 Å². The van der Waals surface area contributed by atoms with Crippen molar-refractivity contribution < 1.29 is 4.79 Å². The molecule has 3 aromatic rings. The van der Waals surface area contributed by atoms with E-state index in [4.69, 9.17) is 5.10 Å². The molecule has 10 heteroatoms. The number of hydrogen-bond acceptors (Lipinski definition) is 8. The third-order valence-corrected chi connectivity index (χ3v) is 8.36. The van der Waals surface area contributed by atoms with E-state index in [1.807, 2.05) is 27.6 Å². The number of nitrogens with zero attached hydrogens (tertiary/aromatic N) is 6. The highest BCUT2D eigenvalue weighted by Crippen LogP contribution is 2.37. The number of rotatable bonds is 6. The van der Waals surface area contributed by atoms with Crippen molar-refractivity contribution in [2.24, 2.45) is 5.10 Å². The van der Waals surface area contributed by atoms with Crippen molar-refractivity contribution in [3.8, 4) is 0 Å². The van der Waals surface area contributed by atoms with Crippen LogP contribution in [0.1, 0.15) is 60.4 Å². The van der Waals surface area contributed by atoms with Crippen LogP contribution in [0.3, 0.4) is 0 Å². The molecule has 0 saturated heterocycles. The lowest BCUT2D eigenvalue weighted by Gasteiger charge is -2.22. The van der Waals surface area contributed by atoms with Gasteiger partial charge in [-0.2, -0.15) is 5.10 Å². The summed E-state index contributed by atoms with van der Waals surface area (Å²) in [5, 5.41) is 23.5. The Bertz CT molecular complexity index is 1010. The maximum absolute atomic E-state index is 13.2. The Morgan fingerprint density at radius 3 is 2.73 bits per heavy atom. The summed E-state index contributed by atoms with van der Waals surface area (Å²) in [5.41, 5.74) is 0.980. The first kappa shape index (κ1) is 19.9. The summed E-state index contributed by atoms with van der Waals surface area (Å²) < 4.78 is 1.91. The van der Waals surface area contributed by atoms with Gasteiger partial charge >= 0.3 is 0 Å². The smallest absolute Gasteiger partial charge is 0.253 e. The van der Waals surface area contributed by atoms with Gasteiger partial charge in [0.1, 0.15) is 0 Å². The van der Waals surface area contributed by atoms with Crippen LogP contribution in [0.2, 0.25) is 0 Å². The minimum absolute atomic E-state index is 0.0110. The molecule has 1 amide bonds. The molecule has 1 unspecified atom stereocenters. The summed E-state index contributed by atoms with van der Waals surface area (Å²) in [6, 6.07) is 8.51. The zero-order chi connectivity index (χ0) is 20.3. The van der Waals surface area contributed by atoms with Crippen LogP contribution in [0.15, 0.2) is 45.3 Å². The van der Waals surface area contributed by atoms with Crippen LogP contribution >= 0.6 is 34.4 Å². The van der Waals surface area contributed by atoms with Gasteiger partial charge in [-0.05, 0) is 46.2 Å². The molecular formula is C20H22N6OS3. The van der Waals surface area contributed by atoms with Crippen molar-refractivity contribution in [1.82, 2.24) is 25.2 Å². The van der Waals surface area contributed by atoms with E-state index in [-0.39, 0.29) is 17.7 Å². The SMILES string of the molecule is O=C(CSc1nnnn1C1CCCCC1)N1N=C(c2cccs2)CC1c1cccs1. The van der Waals surface area contributed by atoms with Gasteiger partial charge in [0.05, 0.1) is 28.4 Å². The average molecular weight is 459 g/mol. The van der Waals surface area contributed by atoms with Crippen LogP contribution in [0.5, 0.6) is 0 Å². The van der Waals surface area contributed by atoms with Crippen molar-refractivity contribution >= 4 is 46.1 Å². The summed E-state index contributed by atoms with van der Waals surface area (Å²) >= 11 is 4.75. The predicted octanol–water partition coefficient (Wildman–Crippen LogP) is 4.77. The van der Waals surface area contributed by atoms with Gasteiger partial charge in [0, 0.05) is 11.3 Å². The Morgan fingerprint density at radius 2 is 1.97 bits per heavy atom. The number of amides is 1. The Kier molecular flexibility index (Phi) is 5.96. The fourth-order valence-corrected chi connectivity index (χ4v) is 6.39. The third-order valence-electron chi connectivity index (χ3n) is 5.55. The molecule has 1 saturated carbocycles. The molecule has 0 spiro atoms. The van der Waals surface area contributed by atoms with Gasteiger partial charge in [0.25, 0.3) is 5.91 Å². The van der Waals surface area contributed by atoms with E-state index in [9.17, 15) is 4.79 Å². The Balaban J connectivity index is 1.31. The lowest BCUT2D eigenvalue weighted by atomic mass is 9.96. The maximum atomic E-state index is 13.2. The molecule has 1 aliphatic carbocycles. The molecule has 1 fully saturated rings. The molecule has 7 nitrogen and oxygen atoms in total. The number of thioether (sulfide) groups is 1. The molecule has 2 aliphatic rings. The molecular weight excluding hydrogens is 436 g/mol. The highest BCUT2D eigenvalue weighted by molar-refractivity contribution is 7.99. The van der Waals surface area contributed by atoms with Gasteiger partial charge in [-0.25, -0.2) is 9.69 Å². The fraction of sp³-hybridized carbons (Fsp3) is 0.450. The Morgan fingerprint density at radius 1 is 1.13 bits per heavy atom. The van der Waals surface area contributed by atoms with Crippen molar-refractivity contribution in [3.63, 3.8) is 0 Å². The van der Waals surface area contributed by atoms with E-state index < -0.39 is 0 Å². The van der Waals surface area contributed by atoms with Crippen LogP contribution in [-0.4, -0.2) is 42.6 Å². The van der Waals surface area contributed by atoms with E-state index >= 15 is 0 Å². The normalized spacial score (nSPS) is 19.9. The zero-order valence-electron chi connectivity index (χ0n) is 16.4. The molecule has 0 N–H and O–H groups in total. The van der Waals surface area contributed by atoms with E-state index in [1.165, 1.54) is 31.0 Å². The number of carbonyl (C=O) groups is 1. The number of carbonyl (C=O) groups excluding carboxylic acids is 1. The van der Waals surface area contributed by atoms with Crippen molar-refractivity contribution in [1.29, 1.82) is 0 Å². The van der Waals surface area contributed by atoms with Crippen LogP contribution in [0.25, 0.3) is 0 Å². The van der Waals surface area contributed by atoms with Crippen LogP contribution < -0.4 is 0 Å². The highest BCUT2D eigenvalue weighted by atomic mass is 32.2. The van der Waals surface area contributed by atoms with Crippen molar-refractivity contribution in [2.75, 3.05) is 5.75 Å². The first-order chi connectivity index (χ1) is 14.8. The third kappa shape index (κ3) is 4.08. The quantitative estimate of drug-likeness (QED) is 0.497. The fourth-order valence-electron chi connectivity index (χ4n) is 4.06. The van der Waals surface area contributed by atoms with E-state index in [0.29, 0.717) is 6.04 Å². The largest absolute Gasteiger partial charge is 0.272 e. The average Bonchev–Trinajstić information content (AvgIpc) is 3.57. The standard InChI is InChI=1S/C20H22N6OS3/c27-19(13-30-20-21-23-24-25(20)14-6-2-1-3-7-14)26-16(18-9-5-11-29-18)12-15(22-26)17-8-4-10-28-17/h4-5,8-11,14,16H,1-3,6-7,12-13H2. The molecule has 1 aliphatic heterocycles. The molecule has 0 bridgehead atoms. The number of hydrogen-bond donors (Lipinski definition) is 0. The second kappa shape index (κ2) is 8.99. The summed E-state index contributed by atoms with van der Waals surface area (Å²) in [5.74, 6) is 0.263. The minimum Gasteiger partial charge on any atom is -0.272 e. The van der Waals surface area contributed by atoms with Crippen molar-refractivity contribution in [2.45, 2.75) is 55.8 Å². The second-order valence-corrected chi connectivity index (χ2v) is 10.4. The summed E-state index contributed by atoms with van der Waals surface area (Å²) in [7, 11) is 0. The predicted molar refractivity (Wildman–Crippen MR) is 120 cm³/mol.